The van der Waals surface area contributed by atoms with Crippen LogP contribution in [0.5, 0.6) is 0 Å². The van der Waals surface area contributed by atoms with Gasteiger partial charge in [0.05, 0.1) is 26.4 Å². The van der Waals surface area contributed by atoms with Gasteiger partial charge in [0.15, 0.2) is 0 Å². The van der Waals surface area contributed by atoms with E-state index in [9.17, 15) is 4.79 Å². The number of amides is 1. The first kappa shape index (κ1) is 30.3. The van der Waals surface area contributed by atoms with Crippen LogP contribution in [0.1, 0.15) is 97.3 Å². The van der Waals surface area contributed by atoms with Crippen molar-refractivity contribution in [2.45, 2.75) is 118 Å². The van der Waals surface area contributed by atoms with E-state index in [1.165, 1.54) is 64.2 Å². The summed E-state index contributed by atoms with van der Waals surface area (Å²) in [5, 5.41) is 6.93. The van der Waals surface area contributed by atoms with Crippen molar-refractivity contribution < 1.29 is 19.0 Å². The van der Waals surface area contributed by atoms with Crippen LogP contribution >= 0.6 is 23.5 Å². The Morgan fingerprint density at radius 1 is 0.676 bits per heavy atom. The Kier molecular flexibility index (Phi) is 17.9. The quantitative estimate of drug-likeness (QED) is 0.114. The number of hydrogen-bond acceptors (Lipinski definition) is 6. The maximum absolute atomic E-state index is 11.9. The molecule has 0 radical (unpaired) electrons. The summed E-state index contributed by atoms with van der Waals surface area (Å²) >= 11 is 4.49. The van der Waals surface area contributed by atoms with Crippen LogP contribution in [0, 0.1) is 0 Å². The van der Waals surface area contributed by atoms with Crippen molar-refractivity contribution in [3.05, 3.63) is 0 Å². The Labute approximate surface area is 218 Å². The fourth-order valence-corrected chi connectivity index (χ4v) is 6.92. The van der Waals surface area contributed by atoms with E-state index in [2.05, 4.69) is 35.8 Å². The summed E-state index contributed by atoms with van der Waals surface area (Å²) in [6, 6.07) is 0. The standard InChI is InChI=1S/C27H51NO4S2/c1-3-5-9-13-23-25(33-23)22-26-24(34-26)14-10-7-6-8-11-15-27(29)28-16-12-17-31-20-21-32-19-18-30-4-2/h23-26H,3-22H2,1-2H3,(H,28,29). The van der Waals surface area contributed by atoms with E-state index in [4.69, 9.17) is 14.2 Å². The van der Waals surface area contributed by atoms with Crippen LogP contribution in [0.4, 0.5) is 0 Å². The summed E-state index contributed by atoms with van der Waals surface area (Å²) in [6.07, 6.45) is 16.2. The van der Waals surface area contributed by atoms with Crippen LogP contribution in [0.2, 0.25) is 0 Å². The van der Waals surface area contributed by atoms with Gasteiger partial charge in [-0.05, 0) is 39.0 Å². The Morgan fingerprint density at radius 2 is 1.26 bits per heavy atom. The molecule has 200 valence electrons. The number of rotatable bonds is 25. The molecule has 0 spiro atoms. The Hall–Kier alpha value is 0.0500. The molecule has 0 aromatic carbocycles. The van der Waals surface area contributed by atoms with Crippen molar-refractivity contribution in [3.8, 4) is 0 Å². The SMILES string of the molecule is CCCCCC1SC1CC1SC1CCCCCCCC(=O)NCCCOCCOCCOCC. The van der Waals surface area contributed by atoms with Crippen LogP contribution in [0.3, 0.4) is 0 Å². The van der Waals surface area contributed by atoms with Gasteiger partial charge in [-0.2, -0.15) is 23.5 Å². The van der Waals surface area contributed by atoms with Gasteiger partial charge in [0.2, 0.25) is 5.91 Å². The number of hydrogen-bond donors (Lipinski definition) is 1. The van der Waals surface area contributed by atoms with Gasteiger partial charge >= 0.3 is 0 Å². The second-order valence-corrected chi connectivity index (χ2v) is 12.6. The molecule has 0 bridgehead atoms. The van der Waals surface area contributed by atoms with Crippen molar-refractivity contribution in [2.24, 2.45) is 0 Å². The van der Waals surface area contributed by atoms with Crippen LogP contribution in [0.25, 0.3) is 0 Å². The smallest absolute Gasteiger partial charge is 0.219 e. The molecule has 2 aliphatic rings. The first-order valence-electron chi connectivity index (χ1n) is 14.0. The van der Waals surface area contributed by atoms with Crippen molar-refractivity contribution in [1.29, 1.82) is 0 Å². The normalized spacial score (nSPS) is 23.2. The first-order valence-corrected chi connectivity index (χ1v) is 15.9. The highest BCUT2D eigenvalue weighted by molar-refractivity contribution is 8.08. The van der Waals surface area contributed by atoms with Gasteiger partial charge in [0, 0.05) is 47.2 Å². The largest absolute Gasteiger partial charge is 0.379 e. The second-order valence-electron chi connectivity index (χ2n) is 9.59. The maximum atomic E-state index is 11.9. The summed E-state index contributed by atoms with van der Waals surface area (Å²) in [6.45, 7) is 8.81. The molecule has 2 saturated heterocycles. The summed E-state index contributed by atoms with van der Waals surface area (Å²) in [5.74, 6) is 0.183. The van der Waals surface area contributed by atoms with E-state index in [0.717, 1.165) is 40.4 Å². The molecule has 0 saturated carbocycles. The van der Waals surface area contributed by atoms with Gasteiger partial charge in [0.25, 0.3) is 0 Å². The van der Waals surface area contributed by atoms with E-state index < -0.39 is 0 Å². The monoisotopic (exact) mass is 517 g/mol. The van der Waals surface area contributed by atoms with Crippen LogP contribution in [0.15, 0.2) is 0 Å². The second kappa shape index (κ2) is 20.1. The minimum Gasteiger partial charge on any atom is -0.379 e. The van der Waals surface area contributed by atoms with E-state index in [1.807, 2.05) is 6.92 Å². The number of ether oxygens (including phenoxy) is 3. The molecule has 4 atom stereocenters. The minimum absolute atomic E-state index is 0.183. The third kappa shape index (κ3) is 15.9. The summed E-state index contributed by atoms with van der Waals surface area (Å²) < 4.78 is 16.1. The molecule has 2 fully saturated rings. The van der Waals surface area contributed by atoms with E-state index in [0.29, 0.717) is 46.0 Å². The lowest BCUT2D eigenvalue weighted by Gasteiger charge is -2.07. The Morgan fingerprint density at radius 3 is 1.94 bits per heavy atom. The molecular weight excluding hydrogens is 466 g/mol. The van der Waals surface area contributed by atoms with Crippen LogP contribution in [-0.2, 0) is 19.0 Å². The highest BCUT2D eigenvalue weighted by Gasteiger charge is 2.46. The zero-order chi connectivity index (χ0) is 24.3. The number of unbranched alkanes of at least 4 members (excludes halogenated alkanes) is 6. The molecule has 7 heteroatoms. The number of carbonyl (C=O) groups is 1. The molecule has 2 rings (SSSR count). The Bertz CT molecular complexity index is 511. The zero-order valence-corrected chi connectivity index (χ0v) is 23.5. The number of carbonyl (C=O) groups excluding carboxylic acids is 1. The maximum Gasteiger partial charge on any atom is 0.219 e. The molecule has 2 heterocycles. The predicted octanol–water partition coefficient (Wildman–Crippen LogP) is 6.23. The van der Waals surface area contributed by atoms with Crippen molar-refractivity contribution >= 4 is 29.4 Å². The lowest BCUT2D eigenvalue weighted by Crippen LogP contribution is -2.25. The summed E-state index contributed by atoms with van der Waals surface area (Å²) in [7, 11) is 0. The molecule has 1 N–H and O–H groups in total. The molecule has 0 aromatic heterocycles. The predicted molar refractivity (Wildman–Crippen MR) is 147 cm³/mol. The van der Waals surface area contributed by atoms with E-state index in [1.54, 1.807) is 0 Å². The lowest BCUT2D eigenvalue weighted by molar-refractivity contribution is -0.121. The van der Waals surface area contributed by atoms with E-state index in [-0.39, 0.29) is 5.91 Å². The summed E-state index contributed by atoms with van der Waals surface area (Å²) in [5.41, 5.74) is 0. The van der Waals surface area contributed by atoms with Gasteiger partial charge in [-0.15, -0.1) is 0 Å². The number of nitrogens with one attached hydrogen (secondary N) is 1. The molecule has 5 nitrogen and oxygen atoms in total. The lowest BCUT2D eigenvalue weighted by atomic mass is 10.0. The van der Waals surface area contributed by atoms with Gasteiger partial charge in [-0.3, -0.25) is 4.79 Å². The molecule has 1 amide bonds. The zero-order valence-electron chi connectivity index (χ0n) is 21.9. The average molecular weight is 518 g/mol. The number of thioether (sulfide) groups is 2. The molecule has 2 aliphatic heterocycles. The Balaban J connectivity index is 1.25. The van der Waals surface area contributed by atoms with E-state index >= 15 is 0 Å². The van der Waals surface area contributed by atoms with Gasteiger partial charge < -0.3 is 19.5 Å². The van der Waals surface area contributed by atoms with Gasteiger partial charge in [0.1, 0.15) is 0 Å². The third-order valence-electron chi connectivity index (χ3n) is 6.56. The highest BCUT2D eigenvalue weighted by atomic mass is 32.2. The van der Waals surface area contributed by atoms with Gasteiger partial charge in [-0.25, -0.2) is 0 Å². The molecule has 34 heavy (non-hydrogen) atoms. The fraction of sp³-hybridized carbons (Fsp3) is 0.963. The fourth-order valence-electron chi connectivity index (χ4n) is 4.34. The van der Waals surface area contributed by atoms with Crippen molar-refractivity contribution in [1.82, 2.24) is 5.32 Å². The first-order chi connectivity index (χ1) is 16.7. The van der Waals surface area contributed by atoms with Crippen LogP contribution < -0.4 is 5.32 Å². The molecular formula is C27H51NO4S2. The molecule has 0 aliphatic carbocycles. The van der Waals surface area contributed by atoms with Crippen molar-refractivity contribution in [3.63, 3.8) is 0 Å². The van der Waals surface area contributed by atoms with Gasteiger partial charge in [-0.1, -0.05) is 51.9 Å². The summed E-state index contributed by atoms with van der Waals surface area (Å²) in [4.78, 5) is 11.9. The average Bonchev–Trinajstić information content (AvgIpc) is 3.75. The highest BCUT2D eigenvalue weighted by Crippen LogP contribution is 2.55. The topological polar surface area (TPSA) is 56.8 Å². The van der Waals surface area contributed by atoms with Crippen molar-refractivity contribution in [2.75, 3.05) is 46.2 Å². The van der Waals surface area contributed by atoms with Crippen LogP contribution in [-0.4, -0.2) is 73.1 Å². The molecule has 4 unspecified atom stereocenters. The molecule has 0 aromatic rings. The third-order valence-corrected chi connectivity index (χ3v) is 9.50. The minimum atomic E-state index is 0.183.